The summed E-state index contributed by atoms with van der Waals surface area (Å²) in [5.74, 6) is -1.57. The smallest absolute Gasteiger partial charge is 0.255 e. The van der Waals surface area contributed by atoms with E-state index in [2.05, 4.69) is 10.3 Å². The lowest BCUT2D eigenvalue weighted by Gasteiger charge is -2.35. The van der Waals surface area contributed by atoms with E-state index in [0.29, 0.717) is 11.1 Å². The number of β-amino-alcohol motifs (C(OH)–C–C–N with tert-alkyl or cyclic N) is 1. The van der Waals surface area contributed by atoms with Crippen LogP contribution in [-0.4, -0.2) is 67.5 Å². The molecule has 0 aliphatic carbocycles. The molecule has 3 atom stereocenters. The molecule has 0 bridgehead atoms. The lowest BCUT2D eigenvalue weighted by molar-refractivity contribution is -0.151. The average molecular weight is 549 g/mol. The summed E-state index contributed by atoms with van der Waals surface area (Å²) in [4.78, 5) is 49.1. The van der Waals surface area contributed by atoms with Gasteiger partial charge in [-0.1, -0.05) is 44.2 Å². The van der Waals surface area contributed by atoms with Crippen LogP contribution in [0.25, 0.3) is 10.4 Å². The Morgan fingerprint density at radius 2 is 2.00 bits per heavy atom. The van der Waals surface area contributed by atoms with Crippen LogP contribution in [-0.2, 0) is 22.7 Å². The second-order valence-electron chi connectivity index (χ2n) is 10.5. The number of phenolic OH excluding ortho intramolecular Hbond substituents is 1. The molecule has 0 unspecified atom stereocenters. The normalized spacial score (nSPS) is 19.4. The quantitative estimate of drug-likeness (QED) is 0.415. The van der Waals surface area contributed by atoms with E-state index in [1.807, 2.05) is 39.0 Å². The molecule has 204 valence electrons. The molecule has 1 fully saturated rings. The number of aliphatic hydroxyl groups is 1. The number of aryl methyl sites for hydroxylation is 1. The Morgan fingerprint density at radius 3 is 2.62 bits per heavy atom. The number of imide groups is 1. The third-order valence-corrected chi connectivity index (χ3v) is 8.41. The van der Waals surface area contributed by atoms with Crippen molar-refractivity contribution in [2.24, 2.45) is 5.92 Å². The number of benzene rings is 2. The Balaban J connectivity index is 1.47. The molecular formula is C29H32N4O5S. The van der Waals surface area contributed by atoms with E-state index in [0.717, 1.165) is 26.6 Å². The van der Waals surface area contributed by atoms with Gasteiger partial charge in [-0.05, 0) is 42.5 Å². The van der Waals surface area contributed by atoms with Crippen molar-refractivity contribution < 1.29 is 24.6 Å². The third-order valence-electron chi connectivity index (χ3n) is 7.43. The SMILES string of the molecule is Cc1ncsc1-c1ccc(CN(C(=O)[C@@H]2C[C@@H](O)CN2)C(=O)[C@@H](C(C)C)N2Cc3ccccc3C2=O)c(O)c1. The van der Waals surface area contributed by atoms with Crippen LogP contribution in [0.2, 0.25) is 0 Å². The number of carbonyl (C=O) groups excluding carboxylic acids is 3. The Morgan fingerprint density at radius 1 is 1.23 bits per heavy atom. The van der Waals surface area contributed by atoms with E-state index in [1.165, 1.54) is 16.2 Å². The number of thiazole rings is 1. The Bertz CT molecular complexity index is 1420. The molecule has 0 spiro atoms. The largest absolute Gasteiger partial charge is 0.508 e. The Kier molecular flexibility index (Phi) is 7.53. The number of nitrogens with one attached hydrogen (secondary N) is 1. The van der Waals surface area contributed by atoms with Crippen molar-refractivity contribution >= 4 is 29.1 Å². The van der Waals surface area contributed by atoms with Crippen LogP contribution in [0.1, 0.15) is 47.4 Å². The van der Waals surface area contributed by atoms with Gasteiger partial charge in [-0.25, -0.2) is 4.98 Å². The summed E-state index contributed by atoms with van der Waals surface area (Å²) in [6.07, 6.45) is -0.514. The van der Waals surface area contributed by atoms with E-state index in [9.17, 15) is 24.6 Å². The molecule has 3 amide bonds. The monoisotopic (exact) mass is 548 g/mol. The zero-order chi connectivity index (χ0) is 27.8. The van der Waals surface area contributed by atoms with E-state index in [-0.39, 0.29) is 43.6 Å². The summed E-state index contributed by atoms with van der Waals surface area (Å²) in [7, 11) is 0. The van der Waals surface area contributed by atoms with Gasteiger partial charge < -0.3 is 20.4 Å². The summed E-state index contributed by atoms with van der Waals surface area (Å²) in [6, 6.07) is 10.8. The summed E-state index contributed by atoms with van der Waals surface area (Å²) >= 11 is 1.46. The number of fused-ring (bicyclic) bond motifs is 1. The lowest BCUT2D eigenvalue weighted by Crippen LogP contribution is -2.55. The molecule has 39 heavy (non-hydrogen) atoms. The maximum Gasteiger partial charge on any atom is 0.255 e. The Hall–Kier alpha value is -3.60. The topological polar surface area (TPSA) is 123 Å². The van der Waals surface area contributed by atoms with Gasteiger partial charge in [0, 0.05) is 24.2 Å². The molecule has 3 N–H and O–H groups in total. The van der Waals surface area contributed by atoms with E-state index in [4.69, 9.17) is 0 Å². The first-order chi connectivity index (χ1) is 18.7. The first-order valence-electron chi connectivity index (χ1n) is 13.0. The third kappa shape index (κ3) is 5.19. The molecule has 10 heteroatoms. The number of carbonyl (C=O) groups is 3. The molecule has 2 aliphatic heterocycles. The second kappa shape index (κ2) is 10.9. The number of nitrogens with zero attached hydrogens (tertiary/aromatic N) is 3. The minimum absolute atomic E-state index is 0.0453. The molecule has 2 aliphatic rings. The van der Waals surface area contributed by atoms with Crippen molar-refractivity contribution in [2.75, 3.05) is 6.54 Å². The van der Waals surface area contributed by atoms with Crippen LogP contribution >= 0.6 is 11.3 Å². The first-order valence-corrected chi connectivity index (χ1v) is 13.9. The van der Waals surface area contributed by atoms with Crippen molar-refractivity contribution in [1.29, 1.82) is 0 Å². The number of rotatable bonds is 7. The van der Waals surface area contributed by atoms with Gasteiger partial charge in [0.1, 0.15) is 11.8 Å². The van der Waals surface area contributed by atoms with Gasteiger partial charge in [-0.15, -0.1) is 11.3 Å². The molecule has 9 nitrogen and oxygen atoms in total. The number of aromatic hydroxyl groups is 1. The fraction of sp³-hybridized carbons (Fsp3) is 0.379. The van der Waals surface area contributed by atoms with E-state index in [1.54, 1.807) is 29.8 Å². The predicted molar refractivity (Wildman–Crippen MR) is 147 cm³/mol. The van der Waals surface area contributed by atoms with Crippen LogP contribution in [0.15, 0.2) is 48.0 Å². The molecule has 5 rings (SSSR count). The lowest BCUT2D eigenvalue weighted by atomic mass is 9.99. The van der Waals surface area contributed by atoms with Gasteiger partial charge in [0.2, 0.25) is 5.91 Å². The fourth-order valence-corrected chi connectivity index (χ4v) is 6.19. The molecule has 2 aromatic carbocycles. The number of hydrogen-bond acceptors (Lipinski definition) is 8. The minimum Gasteiger partial charge on any atom is -0.508 e. The van der Waals surface area contributed by atoms with Crippen LogP contribution in [0.5, 0.6) is 5.75 Å². The summed E-state index contributed by atoms with van der Waals surface area (Å²) in [5, 5.41) is 24.0. The maximum atomic E-state index is 14.2. The van der Waals surface area contributed by atoms with Gasteiger partial charge in [0.15, 0.2) is 0 Å². The van der Waals surface area contributed by atoms with Crippen molar-refractivity contribution in [3.63, 3.8) is 0 Å². The highest BCUT2D eigenvalue weighted by Crippen LogP contribution is 2.33. The number of aliphatic hydroxyl groups excluding tert-OH is 1. The highest BCUT2D eigenvalue weighted by molar-refractivity contribution is 7.13. The van der Waals surface area contributed by atoms with E-state index < -0.39 is 30.0 Å². The molecule has 1 saturated heterocycles. The standard InChI is InChI=1S/C29H32N4O5S/c1-16(2)25(32-13-19-6-4-5-7-22(19)27(32)36)29(38)33(28(37)23-11-21(34)12-30-23)14-20-9-8-18(10-24(20)35)26-17(3)31-15-39-26/h4-10,15-16,21,23,25,30,34-35H,11-14H2,1-3H3/t21-,23+,25-/m1/s1. The summed E-state index contributed by atoms with van der Waals surface area (Å²) in [5.41, 5.74) is 5.18. The highest BCUT2D eigenvalue weighted by atomic mass is 32.1. The number of amides is 3. The number of hydrogen-bond donors (Lipinski definition) is 3. The van der Waals surface area contributed by atoms with Crippen molar-refractivity contribution in [2.45, 2.75) is 58.5 Å². The van der Waals surface area contributed by atoms with Gasteiger partial charge in [-0.2, -0.15) is 0 Å². The van der Waals surface area contributed by atoms with Gasteiger partial charge in [0.05, 0.1) is 34.8 Å². The molecule has 0 saturated carbocycles. The van der Waals surface area contributed by atoms with Crippen molar-refractivity contribution in [3.05, 3.63) is 70.4 Å². The van der Waals surface area contributed by atoms with Gasteiger partial charge in [0.25, 0.3) is 11.8 Å². The first kappa shape index (κ1) is 27.0. The molecule has 1 aromatic heterocycles. The number of aromatic nitrogens is 1. The van der Waals surface area contributed by atoms with Crippen LogP contribution in [0, 0.1) is 12.8 Å². The second-order valence-corrected chi connectivity index (χ2v) is 11.4. The average Bonchev–Trinajstić information content (AvgIpc) is 3.62. The van der Waals surface area contributed by atoms with Crippen LogP contribution in [0.3, 0.4) is 0 Å². The number of phenols is 1. The summed E-state index contributed by atoms with van der Waals surface area (Å²) < 4.78 is 0. The van der Waals surface area contributed by atoms with Crippen LogP contribution < -0.4 is 5.32 Å². The summed E-state index contributed by atoms with van der Waals surface area (Å²) in [6.45, 7) is 5.95. The Labute approximate surface area is 231 Å². The van der Waals surface area contributed by atoms with Gasteiger partial charge >= 0.3 is 0 Å². The zero-order valence-corrected chi connectivity index (χ0v) is 22.9. The van der Waals surface area contributed by atoms with Crippen molar-refractivity contribution in [1.82, 2.24) is 20.1 Å². The molecule has 0 radical (unpaired) electrons. The fourth-order valence-electron chi connectivity index (χ4n) is 5.39. The molecular weight excluding hydrogens is 516 g/mol. The van der Waals surface area contributed by atoms with Crippen LogP contribution in [0.4, 0.5) is 0 Å². The van der Waals surface area contributed by atoms with Gasteiger partial charge in [-0.3, -0.25) is 19.3 Å². The minimum atomic E-state index is -0.888. The molecule has 3 aromatic rings. The van der Waals surface area contributed by atoms with Crippen molar-refractivity contribution in [3.8, 4) is 16.2 Å². The van der Waals surface area contributed by atoms with E-state index >= 15 is 0 Å². The highest BCUT2D eigenvalue weighted by Gasteiger charge is 2.43. The molecule has 3 heterocycles. The zero-order valence-electron chi connectivity index (χ0n) is 22.1. The maximum absolute atomic E-state index is 14.2. The predicted octanol–water partition coefficient (Wildman–Crippen LogP) is 3.08.